The van der Waals surface area contributed by atoms with Crippen molar-refractivity contribution in [1.82, 2.24) is 9.97 Å². The van der Waals surface area contributed by atoms with Crippen molar-refractivity contribution >= 4 is 11.5 Å². The van der Waals surface area contributed by atoms with Gasteiger partial charge in [-0.15, -0.1) is 0 Å². The van der Waals surface area contributed by atoms with Crippen molar-refractivity contribution in [3.05, 3.63) is 16.4 Å². The van der Waals surface area contributed by atoms with Crippen LogP contribution < -0.4 is 10.1 Å². The zero-order valence-corrected chi connectivity index (χ0v) is 8.71. The van der Waals surface area contributed by atoms with E-state index in [-0.39, 0.29) is 30.6 Å². The standard InChI is InChI=1S/C8H12N4O4/c1-9-7-6(12(14)15)8(11-5-10-7)16-4-2-3-13/h5,13H,2-4H2,1H3,(H,9,10,11). The quantitative estimate of drug-likeness (QED) is 0.406. The summed E-state index contributed by atoms with van der Waals surface area (Å²) in [6.45, 7) is 0.120. The Morgan fingerprint density at radius 2 is 2.38 bits per heavy atom. The molecule has 0 amide bonds. The molecule has 0 atom stereocenters. The lowest BCUT2D eigenvalue weighted by Gasteiger charge is -2.06. The van der Waals surface area contributed by atoms with Gasteiger partial charge in [0, 0.05) is 20.1 Å². The molecule has 16 heavy (non-hydrogen) atoms. The molecule has 0 saturated carbocycles. The number of anilines is 1. The molecule has 0 aliphatic rings. The predicted molar refractivity (Wildman–Crippen MR) is 55.4 cm³/mol. The SMILES string of the molecule is CNc1ncnc(OCCCO)c1[N+](=O)[O-]. The molecule has 0 aliphatic carbocycles. The van der Waals surface area contributed by atoms with Crippen LogP contribution in [0.2, 0.25) is 0 Å². The molecule has 0 saturated heterocycles. The molecule has 2 N–H and O–H groups in total. The van der Waals surface area contributed by atoms with Crippen molar-refractivity contribution in [1.29, 1.82) is 0 Å². The summed E-state index contributed by atoms with van der Waals surface area (Å²) < 4.78 is 5.09. The highest BCUT2D eigenvalue weighted by molar-refractivity contribution is 5.60. The highest BCUT2D eigenvalue weighted by Gasteiger charge is 2.23. The lowest BCUT2D eigenvalue weighted by Crippen LogP contribution is -2.07. The first kappa shape index (κ1) is 12.1. The lowest BCUT2D eigenvalue weighted by atomic mass is 10.4. The van der Waals surface area contributed by atoms with Gasteiger partial charge in [-0.2, -0.15) is 4.98 Å². The average Bonchev–Trinajstić information content (AvgIpc) is 2.28. The fraction of sp³-hybridized carbons (Fsp3) is 0.500. The number of nitrogens with one attached hydrogen (secondary N) is 1. The van der Waals surface area contributed by atoms with E-state index in [1.165, 1.54) is 13.4 Å². The number of rotatable bonds is 6. The number of nitro groups is 1. The van der Waals surface area contributed by atoms with Crippen LogP contribution in [0.25, 0.3) is 0 Å². The van der Waals surface area contributed by atoms with Crippen LogP contribution in [-0.2, 0) is 0 Å². The first-order valence-corrected chi connectivity index (χ1v) is 4.61. The Balaban J connectivity index is 2.93. The highest BCUT2D eigenvalue weighted by atomic mass is 16.6. The van der Waals surface area contributed by atoms with Gasteiger partial charge in [-0.1, -0.05) is 0 Å². The molecule has 1 heterocycles. The van der Waals surface area contributed by atoms with Crippen LogP contribution in [0, 0.1) is 10.1 Å². The summed E-state index contributed by atoms with van der Waals surface area (Å²) in [5, 5.41) is 21.9. The second-order valence-electron chi connectivity index (χ2n) is 2.81. The number of hydrogen-bond donors (Lipinski definition) is 2. The normalized spacial score (nSPS) is 9.88. The first-order chi connectivity index (χ1) is 7.70. The summed E-state index contributed by atoms with van der Waals surface area (Å²) >= 11 is 0. The fourth-order valence-electron chi connectivity index (χ4n) is 1.05. The molecule has 88 valence electrons. The molecule has 8 nitrogen and oxygen atoms in total. The minimum atomic E-state index is -0.611. The predicted octanol–water partition coefficient (Wildman–Crippen LogP) is 0.188. The summed E-state index contributed by atoms with van der Waals surface area (Å²) in [5.41, 5.74) is -0.303. The van der Waals surface area contributed by atoms with E-state index in [0.717, 1.165) is 0 Å². The van der Waals surface area contributed by atoms with Gasteiger partial charge in [0.1, 0.15) is 6.33 Å². The van der Waals surface area contributed by atoms with E-state index in [0.29, 0.717) is 6.42 Å². The molecule has 0 bridgehead atoms. The Hall–Kier alpha value is -1.96. The Morgan fingerprint density at radius 3 is 2.94 bits per heavy atom. The molecular weight excluding hydrogens is 216 g/mol. The zero-order valence-electron chi connectivity index (χ0n) is 8.71. The van der Waals surface area contributed by atoms with Crippen LogP contribution in [0.1, 0.15) is 6.42 Å². The number of aliphatic hydroxyl groups excluding tert-OH is 1. The maximum absolute atomic E-state index is 10.8. The third-order valence-electron chi connectivity index (χ3n) is 1.75. The number of aromatic nitrogens is 2. The van der Waals surface area contributed by atoms with Crippen molar-refractivity contribution in [2.75, 3.05) is 25.6 Å². The third kappa shape index (κ3) is 2.76. The van der Waals surface area contributed by atoms with E-state index < -0.39 is 4.92 Å². The molecule has 8 heteroatoms. The number of nitrogens with zero attached hydrogens (tertiary/aromatic N) is 3. The zero-order chi connectivity index (χ0) is 12.0. The number of ether oxygens (including phenoxy) is 1. The summed E-state index contributed by atoms with van der Waals surface area (Å²) in [5.74, 6) is -0.00296. The minimum absolute atomic E-state index is 0.0439. The molecule has 1 rings (SSSR count). The van der Waals surface area contributed by atoms with Crippen LogP contribution in [-0.4, -0.2) is 40.3 Å². The largest absolute Gasteiger partial charge is 0.473 e. The van der Waals surface area contributed by atoms with E-state index in [2.05, 4.69) is 15.3 Å². The average molecular weight is 228 g/mol. The smallest absolute Gasteiger partial charge is 0.372 e. The first-order valence-electron chi connectivity index (χ1n) is 4.61. The molecule has 0 aromatic carbocycles. The van der Waals surface area contributed by atoms with Crippen LogP contribution in [0.3, 0.4) is 0 Å². The molecule has 1 aromatic heterocycles. The van der Waals surface area contributed by atoms with Crippen molar-refractivity contribution in [2.45, 2.75) is 6.42 Å². The molecule has 0 aliphatic heterocycles. The molecule has 0 unspecified atom stereocenters. The maximum atomic E-state index is 10.8. The highest BCUT2D eigenvalue weighted by Crippen LogP contribution is 2.30. The van der Waals surface area contributed by atoms with Crippen LogP contribution in [0.15, 0.2) is 6.33 Å². The van der Waals surface area contributed by atoms with Gasteiger partial charge < -0.3 is 15.2 Å². The minimum Gasteiger partial charge on any atom is -0.473 e. The van der Waals surface area contributed by atoms with Gasteiger partial charge in [0.15, 0.2) is 0 Å². The van der Waals surface area contributed by atoms with Crippen LogP contribution >= 0.6 is 0 Å². The van der Waals surface area contributed by atoms with Gasteiger partial charge in [0.25, 0.3) is 5.88 Å². The van der Waals surface area contributed by atoms with Crippen LogP contribution in [0.5, 0.6) is 5.88 Å². The maximum Gasteiger partial charge on any atom is 0.372 e. The van der Waals surface area contributed by atoms with E-state index in [1.807, 2.05) is 0 Å². The molecular formula is C8H12N4O4. The second-order valence-corrected chi connectivity index (χ2v) is 2.81. The van der Waals surface area contributed by atoms with Gasteiger partial charge in [0.05, 0.1) is 11.5 Å². The number of aliphatic hydroxyl groups is 1. The lowest BCUT2D eigenvalue weighted by molar-refractivity contribution is -0.385. The van der Waals surface area contributed by atoms with Gasteiger partial charge in [-0.3, -0.25) is 10.1 Å². The molecule has 0 fully saturated rings. The molecule has 0 radical (unpaired) electrons. The Bertz CT molecular complexity index is 371. The van der Waals surface area contributed by atoms with Crippen molar-refractivity contribution in [3.8, 4) is 5.88 Å². The Kier molecular flexibility index (Phi) is 4.40. The third-order valence-corrected chi connectivity index (χ3v) is 1.75. The summed E-state index contributed by atoms with van der Waals surface area (Å²) in [4.78, 5) is 17.6. The second kappa shape index (κ2) is 5.81. The van der Waals surface area contributed by atoms with Crippen molar-refractivity contribution in [3.63, 3.8) is 0 Å². The van der Waals surface area contributed by atoms with Gasteiger partial charge in [0.2, 0.25) is 5.82 Å². The van der Waals surface area contributed by atoms with Gasteiger partial charge in [-0.05, 0) is 0 Å². The monoisotopic (exact) mass is 228 g/mol. The molecule has 1 aromatic rings. The van der Waals surface area contributed by atoms with E-state index in [9.17, 15) is 10.1 Å². The molecule has 0 spiro atoms. The summed E-state index contributed by atoms with van der Waals surface area (Å²) in [6.07, 6.45) is 1.56. The Labute approximate surface area is 91.4 Å². The van der Waals surface area contributed by atoms with E-state index >= 15 is 0 Å². The Morgan fingerprint density at radius 1 is 1.62 bits per heavy atom. The van der Waals surface area contributed by atoms with Gasteiger partial charge in [-0.25, -0.2) is 4.98 Å². The number of hydrogen-bond acceptors (Lipinski definition) is 7. The summed E-state index contributed by atoms with van der Waals surface area (Å²) in [7, 11) is 1.52. The van der Waals surface area contributed by atoms with Crippen molar-refractivity contribution < 1.29 is 14.8 Å². The van der Waals surface area contributed by atoms with Crippen molar-refractivity contribution in [2.24, 2.45) is 0 Å². The van der Waals surface area contributed by atoms with Gasteiger partial charge >= 0.3 is 5.69 Å². The topological polar surface area (TPSA) is 110 Å². The van der Waals surface area contributed by atoms with E-state index in [4.69, 9.17) is 9.84 Å². The fourth-order valence-corrected chi connectivity index (χ4v) is 1.05. The van der Waals surface area contributed by atoms with E-state index in [1.54, 1.807) is 0 Å². The summed E-state index contributed by atoms with van der Waals surface area (Å²) in [6, 6.07) is 0. The van der Waals surface area contributed by atoms with Crippen LogP contribution in [0.4, 0.5) is 11.5 Å².